The van der Waals surface area contributed by atoms with Gasteiger partial charge in [-0.25, -0.2) is 4.79 Å². The Morgan fingerprint density at radius 1 is 0.824 bits per heavy atom. The minimum atomic E-state index is -0.226. The second-order valence-corrected chi connectivity index (χ2v) is 9.95. The van der Waals surface area contributed by atoms with Crippen molar-refractivity contribution in [3.05, 3.63) is 102 Å². The number of fused-ring (bicyclic) bond motifs is 3. The van der Waals surface area contributed by atoms with E-state index in [-0.39, 0.29) is 12.2 Å². The minimum absolute atomic E-state index is 0.00807. The summed E-state index contributed by atoms with van der Waals surface area (Å²) in [5.41, 5.74) is 3.39. The summed E-state index contributed by atoms with van der Waals surface area (Å²) in [6.45, 7) is 5.08. The monoisotopic (exact) mass is 455 g/mol. The van der Waals surface area contributed by atoms with Gasteiger partial charge in [0.05, 0.1) is 26.2 Å². The molecule has 176 valence electrons. The lowest BCUT2D eigenvalue weighted by Crippen LogP contribution is -2.65. The summed E-state index contributed by atoms with van der Waals surface area (Å²) in [7, 11) is 0. The highest BCUT2D eigenvalue weighted by molar-refractivity contribution is 5.87. The average Bonchev–Trinajstić information content (AvgIpc) is 2.89. The third kappa shape index (κ3) is 5.34. The maximum absolute atomic E-state index is 13.5. The number of aryl methyl sites for hydroxylation is 1. The molecule has 3 aromatic rings. The number of nitrogens with zero attached hydrogens (tertiary/aromatic N) is 2. The molecule has 6 rings (SSSR count). The number of rotatable bonds is 8. The summed E-state index contributed by atoms with van der Waals surface area (Å²) in [5, 5.41) is 0. The van der Waals surface area contributed by atoms with E-state index >= 15 is 0 Å². The Hall–Kier alpha value is -3.11. The molecule has 0 aliphatic carbocycles. The minimum Gasteiger partial charge on any atom is -0.440 e. The van der Waals surface area contributed by atoms with E-state index in [0.717, 1.165) is 41.5 Å². The van der Waals surface area contributed by atoms with E-state index in [4.69, 9.17) is 4.74 Å². The van der Waals surface area contributed by atoms with Crippen LogP contribution in [0.3, 0.4) is 0 Å². The van der Waals surface area contributed by atoms with Gasteiger partial charge in [-0.2, -0.15) is 0 Å². The van der Waals surface area contributed by atoms with Gasteiger partial charge >= 0.3 is 6.09 Å². The maximum Gasteiger partial charge on any atom is 0.415 e. The molecule has 0 aromatic heterocycles. The molecule has 0 saturated carbocycles. The number of para-hydroxylation sites is 1. The molecule has 4 nitrogen and oxygen atoms in total. The number of amides is 1. The molecular formula is C30H35N2O2+. The van der Waals surface area contributed by atoms with Crippen LogP contribution in [0, 0.1) is 5.92 Å². The van der Waals surface area contributed by atoms with Crippen LogP contribution in [-0.4, -0.2) is 42.9 Å². The average molecular weight is 456 g/mol. The normalized spacial score (nSPS) is 23.4. The number of quaternary nitrogens is 1. The lowest BCUT2D eigenvalue weighted by molar-refractivity contribution is -0.946. The fourth-order valence-electron chi connectivity index (χ4n) is 5.76. The number of carbonyl (C=O) groups excluding carboxylic acids is 1. The Kier molecular flexibility index (Phi) is 6.96. The third-order valence-electron chi connectivity index (χ3n) is 7.71. The zero-order chi connectivity index (χ0) is 23.2. The van der Waals surface area contributed by atoms with Crippen LogP contribution in [-0.2, 0) is 17.7 Å². The zero-order valence-electron chi connectivity index (χ0n) is 19.9. The molecule has 3 aromatic carbocycles. The summed E-state index contributed by atoms with van der Waals surface area (Å²) in [6.07, 6.45) is 4.40. The number of ether oxygens (including phenoxy) is 1. The van der Waals surface area contributed by atoms with Crippen molar-refractivity contribution in [1.82, 2.24) is 0 Å². The summed E-state index contributed by atoms with van der Waals surface area (Å²) in [6, 6.07) is 30.8. The van der Waals surface area contributed by atoms with E-state index < -0.39 is 0 Å². The number of benzene rings is 3. The molecular weight excluding hydrogens is 420 g/mol. The van der Waals surface area contributed by atoms with Crippen molar-refractivity contribution in [1.29, 1.82) is 0 Å². The molecule has 1 atom stereocenters. The summed E-state index contributed by atoms with van der Waals surface area (Å²) >= 11 is 0. The van der Waals surface area contributed by atoms with Crippen molar-refractivity contribution in [2.75, 3.05) is 31.1 Å². The van der Waals surface area contributed by atoms with Gasteiger partial charge in [-0.3, -0.25) is 4.90 Å². The Morgan fingerprint density at radius 2 is 1.41 bits per heavy atom. The first-order valence-electron chi connectivity index (χ1n) is 12.7. The molecule has 3 fully saturated rings. The molecule has 3 aliphatic rings. The van der Waals surface area contributed by atoms with Crippen molar-refractivity contribution < 1.29 is 14.0 Å². The van der Waals surface area contributed by atoms with Crippen LogP contribution in [0.25, 0.3) is 0 Å². The molecule has 0 N–H and O–H groups in total. The van der Waals surface area contributed by atoms with Gasteiger partial charge in [-0.1, -0.05) is 78.9 Å². The van der Waals surface area contributed by atoms with E-state index in [1.807, 2.05) is 48.5 Å². The number of anilines is 1. The molecule has 3 saturated heterocycles. The highest BCUT2D eigenvalue weighted by atomic mass is 16.6. The standard InChI is InChI=1S/C30H35N2O2/c33-30(31(28-16-8-3-9-17-28)23-26-13-6-2-7-14-26)34-29-24-32(21-18-27(29)19-22-32)20-10-15-25-11-4-1-5-12-25/h1-9,11-14,16-17,27,29H,10,15,18-24H2/q+1. The molecule has 3 aliphatic heterocycles. The van der Waals surface area contributed by atoms with Crippen LogP contribution >= 0.6 is 0 Å². The Bertz CT molecular complexity index is 1050. The predicted molar refractivity (Wildman–Crippen MR) is 137 cm³/mol. The Labute approximate surface area is 203 Å². The van der Waals surface area contributed by atoms with Crippen LogP contribution in [0.4, 0.5) is 10.5 Å². The summed E-state index contributed by atoms with van der Waals surface area (Å²) in [5.74, 6) is 0.493. The van der Waals surface area contributed by atoms with Crippen LogP contribution in [0.2, 0.25) is 0 Å². The molecule has 0 spiro atoms. The SMILES string of the molecule is O=C(OC1C[N+]2(CCCc3ccccc3)CCC1CC2)N(Cc1ccccc1)c1ccccc1. The fraction of sp³-hybridized carbons (Fsp3) is 0.367. The quantitative estimate of drug-likeness (QED) is 0.386. The van der Waals surface area contributed by atoms with Crippen molar-refractivity contribution in [2.45, 2.75) is 38.3 Å². The highest BCUT2D eigenvalue weighted by Crippen LogP contribution is 2.36. The topological polar surface area (TPSA) is 29.5 Å². The second-order valence-electron chi connectivity index (χ2n) is 9.95. The Morgan fingerprint density at radius 3 is 2.06 bits per heavy atom. The van der Waals surface area contributed by atoms with Gasteiger partial charge in [0.15, 0.2) is 6.10 Å². The highest BCUT2D eigenvalue weighted by Gasteiger charge is 2.47. The fourth-order valence-corrected chi connectivity index (χ4v) is 5.76. The molecule has 1 unspecified atom stereocenters. The van der Waals surface area contributed by atoms with E-state index in [0.29, 0.717) is 12.5 Å². The van der Waals surface area contributed by atoms with Crippen molar-refractivity contribution in [3.8, 4) is 0 Å². The van der Waals surface area contributed by atoms with Crippen molar-refractivity contribution in [2.24, 2.45) is 5.92 Å². The van der Waals surface area contributed by atoms with Gasteiger partial charge in [0, 0.05) is 30.9 Å². The van der Waals surface area contributed by atoms with Crippen molar-refractivity contribution >= 4 is 11.8 Å². The van der Waals surface area contributed by atoms with Crippen molar-refractivity contribution in [3.63, 3.8) is 0 Å². The van der Waals surface area contributed by atoms with Gasteiger partial charge in [-0.05, 0) is 29.7 Å². The molecule has 2 bridgehead atoms. The Balaban J connectivity index is 1.25. The van der Waals surface area contributed by atoms with E-state index in [1.54, 1.807) is 4.90 Å². The molecule has 0 radical (unpaired) electrons. The van der Waals surface area contributed by atoms with Gasteiger partial charge in [0.2, 0.25) is 0 Å². The maximum atomic E-state index is 13.5. The second kappa shape index (κ2) is 10.4. The first-order chi connectivity index (χ1) is 16.7. The van der Waals surface area contributed by atoms with Gasteiger partial charge in [0.25, 0.3) is 0 Å². The summed E-state index contributed by atoms with van der Waals surface area (Å²) < 4.78 is 7.38. The van der Waals surface area contributed by atoms with Gasteiger partial charge in [0.1, 0.15) is 6.54 Å². The van der Waals surface area contributed by atoms with Crippen LogP contribution in [0.5, 0.6) is 0 Å². The van der Waals surface area contributed by atoms with Crippen LogP contribution in [0.15, 0.2) is 91.0 Å². The molecule has 3 heterocycles. The predicted octanol–water partition coefficient (Wildman–Crippen LogP) is 6.07. The smallest absolute Gasteiger partial charge is 0.415 e. The number of hydrogen-bond acceptors (Lipinski definition) is 2. The van der Waals surface area contributed by atoms with Crippen LogP contribution < -0.4 is 4.90 Å². The van der Waals surface area contributed by atoms with Crippen LogP contribution in [0.1, 0.15) is 30.4 Å². The summed E-state index contributed by atoms with van der Waals surface area (Å²) in [4.78, 5) is 15.3. The number of piperidine rings is 3. The molecule has 34 heavy (non-hydrogen) atoms. The third-order valence-corrected chi connectivity index (χ3v) is 7.71. The van der Waals surface area contributed by atoms with Gasteiger partial charge < -0.3 is 9.22 Å². The lowest BCUT2D eigenvalue weighted by atomic mass is 9.83. The first-order valence-corrected chi connectivity index (χ1v) is 12.7. The zero-order valence-corrected chi connectivity index (χ0v) is 19.9. The number of hydrogen-bond donors (Lipinski definition) is 0. The largest absolute Gasteiger partial charge is 0.440 e. The van der Waals surface area contributed by atoms with E-state index in [9.17, 15) is 4.79 Å². The lowest BCUT2D eigenvalue weighted by Gasteiger charge is -2.52. The van der Waals surface area contributed by atoms with E-state index in [2.05, 4.69) is 42.5 Å². The van der Waals surface area contributed by atoms with Gasteiger partial charge in [-0.15, -0.1) is 0 Å². The van der Waals surface area contributed by atoms with E-state index in [1.165, 1.54) is 31.6 Å². The molecule has 1 amide bonds. The molecule has 4 heteroatoms. The number of carbonyl (C=O) groups is 1. The first kappa shape index (κ1) is 22.7.